The predicted octanol–water partition coefficient (Wildman–Crippen LogP) is 2.93. The van der Waals surface area contributed by atoms with E-state index in [4.69, 9.17) is 5.26 Å². The average molecular weight is 255 g/mol. The van der Waals surface area contributed by atoms with E-state index in [1.165, 1.54) is 12.8 Å². The van der Waals surface area contributed by atoms with Crippen LogP contribution in [0.2, 0.25) is 0 Å². The maximum atomic E-state index is 8.89. The summed E-state index contributed by atoms with van der Waals surface area (Å²) in [4.78, 5) is 4.60. The Balaban J connectivity index is 1.76. The van der Waals surface area contributed by atoms with Crippen molar-refractivity contribution in [1.82, 2.24) is 10.3 Å². The van der Waals surface area contributed by atoms with Crippen LogP contribution >= 0.6 is 11.3 Å². The molecule has 0 saturated heterocycles. The molecule has 90 valence electrons. The van der Waals surface area contributed by atoms with Crippen LogP contribution in [0.5, 0.6) is 0 Å². The van der Waals surface area contributed by atoms with E-state index in [1.54, 1.807) is 11.3 Å². The maximum absolute atomic E-state index is 8.89. The molecule has 2 aromatic rings. The maximum Gasteiger partial charge on any atom is 0.107 e. The first-order chi connectivity index (χ1) is 8.85. The smallest absolute Gasteiger partial charge is 0.107 e. The van der Waals surface area contributed by atoms with E-state index < -0.39 is 0 Å². The molecule has 1 saturated carbocycles. The second kappa shape index (κ2) is 4.89. The average Bonchev–Trinajstić information content (AvgIpc) is 3.13. The van der Waals surface area contributed by atoms with Crippen molar-refractivity contribution in [2.75, 3.05) is 0 Å². The number of thiazole rings is 1. The second-order valence-electron chi connectivity index (χ2n) is 4.47. The lowest BCUT2D eigenvalue weighted by molar-refractivity contribution is 0.685. The van der Waals surface area contributed by atoms with Crippen LogP contribution in [0, 0.1) is 11.3 Å². The van der Waals surface area contributed by atoms with Gasteiger partial charge in [-0.3, -0.25) is 0 Å². The first kappa shape index (κ1) is 11.4. The molecule has 0 amide bonds. The third-order valence-electron chi connectivity index (χ3n) is 2.96. The normalized spacial score (nSPS) is 14.4. The SMILES string of the molecule is N#Cc1cccc(-c2csc(CNC3CC3)n2)c1. The molecule has 1 heterocycles. The third-order valence-corrected chi connectivity index (χ3v) is 3.81. The molecule has 3 nitrogen and oxygen atoms in total. The van der Waals surface area contributed by atoms with Gasteiger partial charge in [-0.2, -0.15) is 5.26 Å². The number of nitrogens with one attached hydrogen (secondary N) is 1. The van der Waals surface area contributed by atoms with Gasteiger partial charge < -0.3 is 5.32 Å². The molecule has 0 radical (unpaired) electrons. The Bertz CT molecular complexity index is 593. The summed E-state index contributed by atoms with van der Waals surface area (Å²) in [5.74, 6) is 0. The van der Waals surface area contributed by atoms with Gasteiger partial charge in [-0.1, -0.05) is 12.1 Å². The molecule has 0 atom stereocenters. The fourth-order valence-corrected chi connectivity index (χ4v) is 2.55. The highest BCUT2D eigenvalue weighted by atomic mass is 32.1. The van der Waals surface area contributed by atoms with Crippen LogP contribution in [-0.2, 0) is 6.54 Å². The van der Waals surface area contributed by atoms with Gasteiger partial charge in [0, 0.05) is 23.5 Å². The van der Waals surface area contributed by atoms with E-state index in [-0.39, 0.29) is 0 Å². The van der Waals surface area contributed by atoms with E-state index in [1.807, 2.05) is 24.3 Å². The Kier molecular flexibility index (Phi) is 3.09. The summed E-state index contributed by atoms with van der Waals surface area (Å²) in [6, 6.07) is 10.4. The number of rotatable bonds is 4. The zero-order chi connectivity index (χ0) is 12.4. The Hall–Kier alpha value is -1.70. The first-order valence-corrected chi connectivity index (χ1v) is 6.91. The molecule has 1 aromatic carbocycles. The summed E-state index contributed by atoms with van der Waals surface area (Å²) in [6.07, 6.45) is 2.59. The van der Waals surface area contributed by atoms with E-state index >= 15 is 0 Å². The van der Waals surface area contributed by atoms with Crippen LogP contribution in [0.1, 0.15) is 23.4 Å². The molecule has 1 N–H and O–H groups in total. The molecular formula is C14H13N3S. The van der Waals surface area contributed by atoms with Gasteiger partial charge in [-0.05, 0) is 25.0 Å². The molecule has 0 aliphatic heterocycles. The van der Waals surface area contributed by atoms with E-state index in [0.717, 1.165) is 22.8 Å². The van der Waals surface area contributed by atoms with Gasteiger partial charge >= 0.3 is 0 Å². The lowest BCUT2D eigenvalue weighted by Gasteiger charge is -1.98. The van der Waals surface area contributed by atoms with Gasteiger partial charge in [-0.25, -0.2) is 4.98 Å². The summed E-state index contributed by atoms with van der Waals surface area (Å²) in [6.45, 7) is 0.854. The van der Waals surface area contributed by atoms with Crippen molar-refractivity contribution in [3.8, 4) is 17.3 Å². The number of nitriles is 1. The number of benzene rings is 1. The Morgan fingerprint density at radius 3 is 3.11 bits per heavy atom. The van der Waals surface area contributed by atoms with Crippen LogP contribution in [-0.4, -0.2) is 11.0 Å². The number of nitrogens with zero attached hydrogens (tertiary/aromatic N) is 2. The minimum absolute atomic E-state index is 0.679. The van der Waals surface area contributed by atoms with E-state index in [9.17, 15) is 0 Å². The highest BCUT2D eigenvalue weighted by molar-refractivity contribution is 7.09. The summed E-state index contributed by atoms with van der Waals surface area (Å²) in [5.41, 5.74) is 2.66. The first-order valence-electron chi connectivity index (χ1n) is 6.03. The molecule has 1 aliphatic carbocycles. The molecule has 18 heavy (non-hydrogen) atoms. The molecular weight excluding hydrogens is 242 g/mol. The zero-order valence-corrected chi connectivity index (χ0v) is 10.7. The monoisotopic (exact) mass is 255 g/mol. The van der Waals surface area contributed by atoms with Gasteiger partial charge in [-0.15, -0.1) is 11.3 Å². The van der Waals surface area contributed by atoms with Crippen molar-refractivity contribution in [3.05, 3.63) is 40.2 Å². The molecule has 0 bridgehead atoms. The van der Waals surface area contributed by atoms with Crippen molar-refractivity contribution in [2.24, 2.45) is 0 Å². The van der Waals surface area contributed by atoms with Crippen molar-refractivity contribution >= 4 is 11.3 Å². The van der Waals surface area contributed by atoms with E-state index in [0.29, 0.717) is 11.6 Å². The fourth-order valence-electron chi connectivity index (χ4n) is 1.79. The van der Waals surface area contributed by atoms with E-state index in [2.05, 4.69) is 21.8 Å². The summed E-state index contributed by atoms with van der Waals surface area (Å²) >= 11 is 1.67. The van der Waals surface area contributed by atoms with Gasteiger partial charge in [0.2, 0.25) is 0 Å². The molecule has 0 spiro atoms. The van der Waals surface area contributed by atoms with Crippen molar-refractivity contribution < 1.29 is 0 Å². The molecule has 1 aromatic heterocycles. The van der Waals surface area contributed by atoms with Crippen molar-refractivity contribution in [1.29, 1.82) is 5.26 Å². The van der Waals surface area contributed by atoms with Gasteiger partial charge in [0.05, 0.1) is 17.3 Å². The molecule has 3 rings (SSSR count). The third kappa shape index (κ3) is 2.58. The summed E-state index contributed by atoms with van der Waals surface area (Å²) < 4.78 is 0. The zero-order valence-electron chi connectivity index (χ0n) is 9.89. The van der Waals surface area contributed by atoms with Crippen LogP contribution in [0.15, 0.2) is 29.6 Å². The van der Waals surface area contributed by atoms with Crippen molar-refractivity contribution in [3.63, 3.8) is 0 Å². The number of aromatic nitrogens is 1. The Morgan fingerprint density at radius 2 is 2.33 bits per heavy atom. The molecule has 4 heteroatoms. The molecule has 0 unspecified atom stereocenters. The predicted molar refractivity (Wildman–Crippen MR) is 72.1 cm³/mol. The number of hydrogen-bond donors (Lipinski definition) is 1. The van der Waals surface area contributed by atoms with Gasteiger partial charge in [0.15, 0.2) is 0 Å². The van der Waals surface area contributed by atoms with Crippen LogP contribution in [0.4, 0.5) is 0 Å². The largest absolute Gasteiger partial charge is 0.308 e. The minimum Gasteiger partial charge on any atom is -0.308 e. The minimum atomic E-state index is 0.679. The molecule has 1 fully saturated rings. The quantitative estimate of drug-likeness (QED) is 0.913. The fraction of sp³-hybridized carbons (Fsp3) is 0.286. The lowest BCUT2D eigenvalue weighted by Crippen LogP contribution is -2.14. The lowest BCUT2D eigenvalue weighted by atomic mass is 10.1. The Labute approximate surface area is 110 Å². The van der Waals surface area contributed by atoms with Crippen molar-refractivity contribution in [2.45, 2.75) is 25.4 Å². The molecule has 1 aliphatic rings. The number of hydrogen-bond acceptors (Lipinski definition) is 4. The Morgan fingerprint density at radius 1 is 1.44 bits per heavy atom. The topological polar surface area (TPSA) is 48.7 Å². The van der Waals surface area contributed by atoms with Crippen LogP contribution in [0.25, 0.3) is 11.3 Å². The van der Waals surface area contributed by atoms with Gasteiger partial charge in [0.1, 0.15) is 5.01 Å². The summed E-state index contributed by atoms with van der Waals surface area (Å²) in [5, 5.41) is 15.5. The van der Waals surface area contributed by atoms with Crippen LogP contribution < -0.4 is 5.32 Å². The second-order valence-corrected chi connectivity index (χ2v) is 5.42. The highest BCUT2D eigenvalue weighted by Gasteiger charge is 2.20. The van der Waals surface area contributed by atoms with Gasteiger partial charge in [0.25, 0.3) is 0 Å². The van der Waals surface area contributed by atoms with Crippen LogP contribution in [0.3, 0.4) is 0 Å². The standard InChI is InChI=1S/C14H13N3S/c15-7-10-2-1-3-11(6-10)13-9-18-14(17-13)8-16-12-4-5-12/h1-3,6,9,12,16H,4-5,8H2. The highest BCUT2D eigenvalue weighted by Crippen LogP contribution is 2.24. The summed E-state index contributed by atoms with van der Waals surface area (Å²) in [7, 11) is 0.